The lowest BCUT2D eigenvalue weighted by Crippen LogP contribution is -2.39. The largest absolute Gasteiger partial charge is 0.289 e. The second-order valence-electron chi connectivity index (χ2n) is 6.29. The summed E-state index contributed by atoms with van der Waals surface area (Å²) in [7, 11) is 0. The highest BCUT2D eigenvalue weighted by Crippen LogP contribution is 2.25. The van der Waals surface area contributed by atoms with Gasteiger partial charge in [0.1, 0.15) is 0 Å². The normalized spacial score (nSPS) is 12.9. The van der Waals surface area contributed by atoms with Crippen molar-refractivity contribution in [1.29, 1.82) is 0 Å². The molecule has 0 saturated heterocycles. The summed E-state index contributed by atoms with van der Waals surface area (Å²) < 4.78 is 0. The Kier molecular flexibility index (Phi) is 8.02. The van der Waals surface area contributed by atoms with Gasteiger partial charge < -0.3 is 0 Å². The first kappa shape index (κ1) is 19.0. The van der Waals surface area contributed by atoms with Gasteiger partial charge in [0.05, 0.1) is 6.04 Å². The van der Waals surface area contributed by atoms with Crippen LogP contribution >= 0.6 is 0 Å². The van der Waals surface area contributed by atoms with Gasteiger partial charge >= 0.3 is 0 Å². The highest BCUT2D eigenvalue weighted by atomic mass is 15.1. The minimum atomic E-state index is 0.139. The van der Waals surface area contributed by atoms with Gasteiger partial charge in [-0.1, -0.05) is 80.3 Å². The van der Waals surface area contributed by atoms with E-state index in [-0.39, 0.29) is 12.0 Å². The Labute approximate surface area is 153 Å². The van der Waals surface area contributed by atoms with Gasteiger partial charge in [0.2, 0.25) is 0 Å². The fraction of sp³-hybridized carbons (Fsp3) is 0.333. The van der Waals surface area contributed by atoms with Gasteiger partial charge in [-0.25, -0.2) is 0 Å². The van der Waals surface area contributed by atoms with Gasteiger partial charge in [0, 0.05) is 11.5 Å². The van der Waals surface area contributed by atoms with Crippen molar-refractivity contribution in [2.75, 3.05) is 13.1 Å². The van der Waals surface area contributed by atoms with Crippen molar-refractivity contribution in [3.63, 3.8) is 0 Å². The molecule has 0 fully saturated rings. The van der Waals surface area contributed by atoms with Gasteiger partial charge in [-0.2, -0.15) is 0 Å². The van der Waals surface area contributed by atoms with E-state index in [9.17, 15) is 0 Å². The summed E-state index contributed by atoms with van der Waals surface area (Å²) in [6.07, 6.45) is 4.31. The van der Waals surface area contributed by atoms with Crippen LogP contribution in [-0.2, 0) is 0 Å². The summed E-state index contributed by atoms with van der Waals surface area (Å²) in [5.74, 6) is 7.15. The molecule has 0 aromatic heterocycles. The maximum Gasteiger partial charge on any atom is 0.0822 e. The van der Waals surface area contributed by atoms with Crippen LogP contribution in [0.2, 0.25) is 0 Å². The molecule has 130 valence electrons. The third-order valence-corrected chi connectivity index (χ3v) is 4.33. The van der Waals surface area contributed by atoms with E-state index in [1.165, 1.54) is 5.56 Å². The minimum Gasteiger partial charge on any atom is -0.289 e. The topological polar surface area (TPSA) is 3.24 Å². The molecule has 2 unspecified atom stereocenters. The maximum atomic E-state index is 4.12. The van der Waals surface area contributed by atoms with Crippen LogP contribution in [0.5, 0.6) is 0 Å². The number of benzene rings is 2. The van der Waals surface area contributed by atoms with Crippen LogP contribution in [0.25, 0.3) is 0 Å². The quantitative estimate of drug-likeness (QED) is 0.456. The van der Waals surface area contributed by atoms with Crippen molar-refractivity contribution in [3.05, 3.63) is 84.4 Å². The lowest BCUT2D eigenvalue weighted by molar-refractivity contribution is 0.223. The first-order valence-electron chi connectivity index (χ1n) is 9.28. The van der Waals surface area contributed by atoms with E-state index < -0.39 is 0 Å². The van der Waals surface area contributed by atoms with E-state index in [0.29, 0.717) is 0 Å². The average Bonchev–Trinajstić information content (AvgIpc) is 2.66. The Morgan fingerprint density at radius 2 is 1.48 bits per heavy atom. The van der Waals surface area contributed by atoms with E-state index in [0.717, 1.165) is 31.5 Å². The zero-order chi connectivity index (χ0) is 17.9. The molecule has 0 bridgehead atoms. The van der Waals surface area contributed by atoms with Crippen LogP contribution in [0, 0.1) is 11.8 Å². The molecule has 25 heavy (non-hydrogen) atoms. The van der Waals surface area contributed by atoms with Gasteiger partial charge in [-0.3, -0.25) is 4.90 Å². The summed E-state index contributed by atoms with van der Waals surface area (Å²) >= 11 is 0. The van der Waals surface area contributed by atoms with Crippen molar-refractivity contribution in [3.8, 4) is 11.8 Å². The molecule has 0 spiro atoms. The highest BCUT2D eigenvalue weighted by molar-refractivity contribution is 5.37. The Morgan fingerprint density at radius 3 is 2.00 bits per heavy atom. The van der Waals surface area contributed by atoms with Crippen LogP contribution in [0.3, 0.4) is 0 Å². The zero-order valence-corrected chi connectivity index (χ0v) is 15.5. The molecule has 0 amide bonds. The van der Waals surface area contributed by atoms with Gasteiger partial charge in [0.15, 0.2) is 0 Å². The average molecular weight is 332 g/mol. The van der Waals surface area contributed by atoms with Crippen molar-refractivity contribution in [2.45, 2.75) is 38.6 Å². The van der Waals surface area contributed by atoms with Crippen molar-refractivity contribution >= 4 is 0 Å². The molecular formula is C24H29N. The summed E-state index contributed by atoms with van der Waals surface area (Å²) in [6, 6.07) is 21.0. The molecule has 0 aliphatic rings. The van der Waals surface area contributed by atoms with E-state index in [4.69, 9.17) is 0 Å². The van der Waals surface area contributed by atoms with E-state index >= 15 is 0 Å². The number of hydrogen-bond acceptors (Lipinski definition) is 1. The molecule has 2 aromatic rings. The fourth-order valence-corrected chi connectivity index (χ4v) is 3.17. The van der Waals surface area contributed by atoms with E-state index in [2.05, 4.69) is 85.7 Å². The van der Waals surface area contributed by atoms with Gasteiger partial charge in [-0.05, 0) is 43.6 Å². The predicted octanol–water partition coefficient (Wildman–Crippen LogP) is 5.50. The van der Waals surface area contributed by atoms with Crippen LogP contribution in [0.4, 0.5) is 0 Å². The third-order valence-electron chi connectivity index (χ3n) is 4.33. The van der Waals surface area contributed by atoms with Gasteiger partial charge in [-0.15, -0.1) is 6.58 Å². The molecule has 0 N–H and O–H groups in total. The van der Waals surface area contributed by atoms with Crippen molar-refractivity contribution in [2.24, 2.45) is 0 Å². The van der Waals surface area contributed by atoms with Crippen LogP contribution in [0.15, 0.2) is 73.3 Å². The monoisotopic (exact) mass is 331 g/mol. The first-order valence-corrected chi connectivity index (χ1v) is 9.28. The van der Waals surface area contributed by atoms with Crippen LogP contribution in [0.1, 0.15) is 43.7 Å². The Bertz CT molecular complexity index is 672. The zero-order valence-electron chi connectivity index (χ0n) is 15.5. The van der Waals surface area contributed by atoms with Crippen molar-refractivity contribution in [1.82, 2.24) is 4.90 Å². The standard InChI is InChI=1S/C24H29N/c1-4-19-25(20-5-2)24(18-17-21-13-9-7-10-14-21)23(6-3)22-15-11-8-12-16-22/h6-16,23-24H,3-5,19-20H2,1-2H3. The molecule has 0 saturated carbocycles. The second-order valence-corrected chi connectivity index (χ2v) is 6.29. The molecule has 1 nitrogen and oxygen atoms in total. The second kappa shape index (κ2) is 10.5. The third kappa shape index (κ3) is 5.62. The summed E-state index contributed by atoms with van der Waals surface area (Å²) in [5.41, 5.74) is 2.35. The molecule has 0 radical (unpaired) electrons. The molecule has 2 aromatic carbocycles. The molecule has 2 rings (SSSR count). The van der Waals surface area contributed by atoms with E-state index in [1.807, 2.05) is 18.2 Å². The predicted molar refractivity (Wildman–Crippen MR) is 109 cm³/mol. The molecule has 0 aliphatic carbocycles. The molecule has 1 heteroatoms. The Morgan fingerprint density at radius 1 is 0.920 bits per heavy atom. The first-order chi connectivity index (χ1) is 12.3. The summed E-state index contributed by atoms with van der Waals surface area (Å²) in [5, 5.41) is 0. The highest BCUT2D eigenvalue weighted by Gasteiger charge is 2.24. The Balaban J connectivity index is 2.39. The number of nitrogens with zero attached hydrogens (tertiary/aromatic N) is 1. The smallest absolute Gasteiger partial charge is 0.0822 e. The SMILES string of the molecule is C=CC(c1ccccc1)C(C#Cc1ccccc1)N(CCC)CCC. The molecule has 0 heterocycles. The summed E-state index contributed by atoms with van der Waals surface area (Å²) in [4.78, 5) is 2.51. The molecule has 0 aliphatic heterocycles. The number of hydrogen-bond donors (Lipinski definition) is 0. The van der Waals surface area contributed by atoms with E-state index in [1.54, 1.807) is 0 Å². The minimum absolute atomic E-state index is 0.139. The van der Waals surface area contributed by atoms with Crippen molar-refractivity contribution < 1.29 is 0 Å². The lowest BCUT2D eigenvalue weighted by Gasteiger charge is -2.32. The molecular weight excluding hydrogens is 302 g/mol. The molecule has 2 atom stereocenters. The Hall–Kier alpha value is -2.30. The van der Waals surface area contributed by atoms with Crippen LogP contribution < -0.4 is 0 Å². The lowest BCUT2D eigenvalue weighted by atomic mass is 9.90. The van der Waals surface area contributed by atoms with Crippen LogP contribution in [-0.4, -0.2) is 24.0 Å². The van der Waals surface area contributed by atoms with Gasteiger partial charge in [0.25, 0.3) is 0 Å². The summed E-state index contributed by atoms with van der Waals surface area (Å²) in [6.45, 7) is 10.7. The maximum absolute atomic E-state index is 4.12. The fourth-order valence-electron chi connectivity index (χ4n) is 3.17. The number of rotatable bonds is 8.